The Bertz CT molecular complexity index is 781. The molecule has 1 aromatic heterocycles. The quantitative estimate of drug-likeness (QED) is 0.832. The number of aromatic amines is 1. The number of H-pyrrole nitrogens is 1. The van der Waals surface area contributed by atoms with Crippen molar-refractivity contribution in [2.75, 3.05) is 38.1 Å². The number of aryl methyl sites for hydroxylation is 1. The van der Waals surface area contributed by atoms with Crippen LogP contribution in [-0.2, 0) is 11.2 Å². The number of nitrogens with one attached hydrogen (secondary N) is 2. The van der Waals surface area contributed by atoms with Crippen molar-refractivity contribution >= 4 is 23.5 Å². The van der Waals surface area contributed by atoms with E-state index in [2.05, 4.69) is 27.7 Å². The number of amides is 2. The van der Waals surface area contributed by atoms with E-state index in [4.69, 9.17) is 4.74 Å². The molecule has 27 heavy (non-hydrogen) atoms. The van der Waals surface area contributed by atoms with E-state index in [0.717, 1.165) is 12.1 Å². The zero-order valence-electron chi connectivity index (χ0n) is 15.6. The van der Waals surface area contributed by atoms with E-state index in [-0.39, 0.29) is 17.7 Å². The number of anilines is 2. The normalized spacial score (nSPS) is 14.1. The van der Waals surface area contributed by atoms with Crippen molar-refractivity contribution in [1.82, 2.24) is 25.2 Å². The average Bonchev–Trinajstić information content (AvgIpc) is 3.16. The van der Waals surface area contributed by atoms with Gasteiger partial charge in [0.2, 0.25) is 0 Å². The molecule has 9 heteroatoms. The fourth-order valence-corrected chi connectivity index (χ4v) is 2.88. The monoisotopic (exact) mass is 372 g/mol. The van der Waals surface area contributed by atoms with Crippen LogP contribution in [0.3, 0.4) is 0 Å². The van der Waals surface area contributed by atoms with Gasteiger partial charge in [0.15, 0.2) is 11.5 Å². The van der Waals surface area contributed by atoms with E-state index in [0.29, 0.717) is 38.6 Å². The SMILES string of the molecule is CCOC(=O)N1CCN(C(=O)c2n[nH]nc2Nc2ccc(CC)cc2)CC1. The third-order valence-electron chi connectivity index (χ3n) is 4.47. The summed E-state index contributed by atoms with van der Waals surface area (Å²) in [7, 11) is 0. The summed E-state index contributed by atoms with van der Waals surface area (Å²) in [6.45, 7) is 5.92. The molecule has 0 bridgehead atoms. The van der Waals surface area contributed by atoms with Crippen LogP contribution < -0.4 is 5.32 Å². The standard InChI is InChI=1S/C18H24N6O3/c1-3-13-5-7-14(8-6-13)19-16-15(20-22-21-16)17(25)23-9-11-24(12-10-23)18(26)27-4-2/h5-8H,3-4,9-12H2,1-2H3,(H2,19,20,21,22). The van der Waals surface area contributed by atoms with Crippen molar-refractivity contribution in [1.29, 1.82) is 0 Å². The zero-order valence-corrected chi connectivity index (χ0v) is 15.6. The molecule has 1 saturated heterocycles. The number of nitrogens with zero attached hydrogens (tertiary/aromatic N) is 4. The number of aromatic nitrogens is 3. The van der Waals surface area contributed by atoms with Gasteiger partial charge in [-0.3, -0.25) is 4.79 Å². The number of piperazine rings is 1. The lowest BCUT2D eigenvalue weighted by atomic mass is 10.1. The molecule has 1 aliphatic rings. The largest absolute Gasteiger partial charge is 0.450 e. The number of carbonyl (C=O) groups excluding carboxylic acids is 2. The van der Waals surface area contributed by atoms with Gasteiger partial charge in [-0.25, -0.2) is 4.79 Å². The number of rotatable bonds is 5. The minimum absolute atomic E-state index is 0.222. The molecule has 0 radical (unpaired) electrons. The van der Waals surface area contributed by atoms with Gasteiger partial charge in [0.25, 0.3) is 5.91 Å². The predicted octanol–water partition coefficient (Wildman–Crippen LogP) is 2.02. The molecule has 0 spiro atoms. The minimum atomic E-state index is -0.344. The maximum atomic E-state index is 12.8. The number of ether oxygens (including phenoxy) is 1. The highest BCUT2D eigenvalue weighted by Crippen LogP contribution is 2.19. The van der Waals surface area contributed by atoms with Gasteiger partial charge in [-0.1, -0.05) is 19.1 Å². The van der Waals surface area contributed by atoms with Crippen molar-refractivity contribution in [3.8, 4) is 0 Å². The van der Waals surface area contributed by atoms with Crippen molar-refractivity contribution < 1.29 is 14.3 Å². The molecule has 2 aromatic rings. The number of hydrogen-bond acceptors (Lipinski definition) is 6. The molecule has 144 valence electrons. The average molecular weight is 372 g/mol. The van der Waals surface area contributed by atoms with Gasteiger partial charge < -0.3 is 19.9 Å². The van der Waals surface area contributed by atoms with Gasteiger partial charge in [-0.2, -0.15) is 5.21 Å². The van der Waals surface area contributed by atoms with Crippen LogP contribution >= 0.6 is 0 Å². The fourth-order valence-electron chi connectivity index (χ4n) is 2.88. The van der Waals surface area contributed by atoms with Crippen LogP contribution in [0.15, 0.2) is 24.3 Å². The summed E-state index contributed by atoms with van der Waals surface area (Å²) < 4.78 is 5.00. The van der Waals surface area contributed by atoms with Crippen LogP contribution in [0.5, 0.6) is 0 Å². The first-order valence-corrected chi connectivity index (χ1v) is 9.10. The van der Waals surface area contributed by atoms with Gasteiger partial charge in [0.05, 0.1) is 6.61 Å². The molecular formula is C18H24N6O3. The van der Waals surface area contributed by atoms with Crippen LogP contribution in [0.25, 0.3) is 0 Å². The lowest BCUT2D eigenvalue weighted by molar-refractivity contribution is 0.0566. The molecule has 0 atom stereocenters. The lowest BCUT2D eigenvalue weighted by Crippen LogP contribution is -2.50. The van der Waals surface area contributed by atoms with Crippen molar-refractivity contribution in [2.45, 2.75) is 20.3 Å². The van der Waals surface area contributed by atoms with E-state index in [9.17, 15) is 9.59 Å². The van der Waals surface area contributed by atoms with Gasteiger partial charge in [-0.05, 0) is 31.0 Å². The maximum absolute atomic E-state index is 12.8. The summed E-state index contributed by atoms with van der Waals surface area (Å²) in [5.41, 5.74) is 2.30. The highest BCUT2D eigenvalue weighted by Gasteiger charge is 2.28. The molecule has 3 rings (SSSR count). The second kappa shape index (κ2) is 8.52. The third kappa shape index (κ3) is 4.36. The van der Waals surface area contributed by atoms with Gasteiger partial charge in [0, 0.05) is 31.9 Å². The second-order valence-corrected chi connectivity index (χ2v) is 6.17. The van der Waals surface area contributed by atoms with E-state index >= 15 is 0 Å². The number of benzene rings is 1. The summed E-state index contributed by atoms with van der Waals surface area (Å²) in [5, 5.41) is 13.7. The van der Waals surface area contributed by atoms with Crippen molar-refractivity contribution in [2.24, 2.45) is 0 Å². The summed E-state index contributed by atoms with van der Waals surface area (Å²) in [4.78, 5) is 27.8. The molecule has 2 N–H and O–H groups in total. The third-order valence-corrected chi connectivity index (χ3v) is 4.47. The first kappa shape index (κ1) is 18.7. The summed E-state index contributed by atoms with van der Waals surface area (Å²) in [5.74, 6) is 0.164. The van der Waals surface area contributed by atoms with Crippen molar-refractivity contribution in [3.05, 3.63) is 35.5 Å². The number of hydrogen-bond donors (Lipinski definition) is 2. The molecule has 1 fully saturated rings. The molecule has 9 nitrogen and oxygen atoms in total. The smallest absolute Gasteiger partial charge is 0.409 e. The molecule has 0 aliphatic carbocycles. The number of carbonyl (C=O) groups is 2. The molecule has 2 amide bonds. The van der Waals surface area contributed by atoms with Crippen LogP contribution in [0.4, 0.5) is 16.3 Å². The van der Waals surface area contributed by atoms with Crippen LogP contribution in [-0.4, -0.2) is 70.0 Å². The van der Waals surface area contributed by atoms with Gasteiger partial charge in [-0.15, -0.1) is 10.2 Å². The van der Waals surface area contributed by atoms with E-state index < -0.39 is 0 Å². The highest BCUT2D eigenvalue weighted by atomic mass is 16.6. The van der Waals surface area contributed by atoms with E-state index in [1.54, 1.807) is 16.7 Å². The Hall–Kier alpha value is -3.10. The molecule has 0 saturated carbocycles. The fraction of sp³-hybridized carbons (Fsp3) is 0.444. The van der Waals surface area contributed by atoms with E-state index in [1.165, 1.54) is 5.56 Å². The van der Waals surface area contributed by atoms with Crippen LogP contribution in [0, 0.1) is 0 Å². The molecule has 1 aromatic carbocycles. The second-order valence-electron chi connectivity index (χ2n) is 6.17. The molecule has 2 heterocycles. The first-order chi connectivity index (χ1) is 13.1. The van der Waals surface area contributed by atoms with Crippen molar-refractivity contribution in [3.63, 3.8) is 0 Å². The Balaban J connectivity index is 1.63. The van der Waals surface area contributed by atoms with Crippen LogP contribution in [0.2, 0.25) is 0 Å². The van der Waals surface area contributed by atoms with Crippen LogP contribution in [0.1, 0.15) is 29.9 Å². The molecule has 0 unspecified atom stereocenters. The first-order valence-electron chi connectivity index (χ1n) is 9.10. The molecule has 1 aliphatic heterocycles. The Morgan fingerprint density at radius 2 is 1.74 bits per heavy atom. The molecular weight excluding hydrogens is 348 g/mol. The Morgan fingerprint density at radius 3 is 2.37 bits per heavy atom. The Kier molecular flexibility index (Phi) is 5.90. The van der Waals surface area contributed by atoms with E-state index in [1.807, 2.05) is 24.3 Å². The van der Waals surface area contributed by atoms with Gasteiger partial charge >= 0.3 is 6.09 Å². The highest BCUT2D eigenvalue weighted by molar-refractivity contribution is 5.97. The lowest BCUT2D eigenvalue weighted by Gasteiger charge is -2.33. The topological polar surface area (TPSA) is 103 Å². The summed E-state index contributed by atoms with van der Waals surface area (Å²) in [6, 6.07) is 7.94. The Labute approximate surface area is 157 Å². The maximum Gasteiger partial charge on any atom is 0.409 e. The Morgan fingerprint density at radius 1 is 1.07 bits per heavy atom. The summed E-state index contributed by atoms with van der Waals surface area (Å²) >= 11 is 0. The minimum Gasteiger partial charge on any atom is -0.450 e. The predicted molar refractivity (Wildman–Crippen MR) is 100.0 cm³/mol. The zero-order chi connectivity index (χ0) is 19.2. The summed E-state index contributed by atoms with van der Waals surface area (Å²) in [6.07, 6.45) is 0.620. The van der Waals surface area contributed by atoms with Gasteiger partial charge in [0.1, 0.15) is 0 Å².